The Morgan fingerprint density at radius 1 is 1.35 bits per heavy atom. The van der Waals surface area contributed by atoms with Crippen LogP contribution in [0.2, 0.25) is 0 Å². The second-order valence-electron chi connectivity index (χ2n) is 4.81. The van der Waals surface area contributed by atoms with Gasteiger partial charge < -0.3 is 4.57 Å². The van der Waals surface area contributed by atoms with Crippen molar-refractivity contribution in [3.8, 4) is 11.4 Å². The predicted molar refractivity (Wildman–Crippen MR) is 72.8 cm³/mol. The Balaban J connectivity index is 2.11. The van der Waals surface area contributed by atoms with Crippen LogP contribution in [0.5, 0.6) is 0 Å². The number of benzene rings is 1. The molecule has 2 nitrogen and oxygen atoms in total. The van der Waals surface area contributed by atoms with Gasteiger partial charge in [0.2, 0.25) is 0 Å². The third-order valence-electron chi connectivity index (χ3n) is 3.44. The molecular formula is C14H15BrN2. The second-order valence-corrected chi connectivity index (χ2v) is 5.66. The zero-order valence-corrected chi connectivity index (χ0v) is 11.4. The second kappa shape index (κ2) is 4.30. The number of hydrogen-bond donors (Lipinski definition) is 0. The number of fused-ring (bicyclic) bond motifs is 1. The molecule has 0 spiro atoms. The van der Waals surface area contributed by atoms with E-state index in [0.29, 0.717) is 0 Å². The molecule has 88 valence electrons. The van der Waals surface area contributed by atoms with Crippen LogP contribution in [0.15, 0.2) is 34.9 Å². The van der Waals surface area contributed by atoms with Crippen molar-refractivity contribution in [3.63, 3.8) is 0 Å². The molecule has 3 rings (SSSR count). The normalized spacial score (nSPS) is 19.1. The van der Waals surface area contributed by atoms with Crippen molar-refractivity contribution >= 4 is 15.9 Å². The Morgan fingerprint density at radius 2 is 2.18 bits per heavy atom. The van der Waals surface area contributed by atoms with Gasteiger partial charge in [-0.2, -0.15) is 0 Å². The fourth-order valence-corrected chi connectivity index (χ4v) is 2.93. The van der Waals surface area contributed by atoms with Gasteiger partial charge in [0.1, 0.15) is 5.82 Å². The highest BCUT2D eigenvalue weighted by Gasteiger charge is 2.20. The maximum absolute atomic E-state index is 4.60. The van der Waals surface area contributed by atoms with Crippen LogP contribution >= 0.6 is 15.9 Å². The molecule has 2 heterocycles. The average molecular weight is 291 g/mol. The first-order chi connectivity index (χ1) is 8.25. The molecule has 1 unspecified atom stereocenters. The Bertz CT molecular complexity index is 545. The van der Waals surface area contributed by atoms with E-state index in [9.17, 15) is 0 Å². The van der Waals surface area contributed by atoms with Crippen molar-refractivity contribution in [1.82, 2.24) is 9.55 Å². The number of imidazole rings is 1. The highest BCUT2D eigenvalue weighted by Crippen LogP contribution is 2.31. The minimum atomic E-state index is 0.748. The summed E-state index contributed by atoms with van der Waals surface area (Å²) < 4.78 is 3.49. The first-order valence-electron chi connectivity index (χ1n) is 6.05. The summed E-state index contributed by atoms with van der Waals surface area (Å²) in [6.45, 7) is 3.40. The lowest BCUT2D eigenvalue weighted by molar-refractivity contribution is 0.402. The largest absolute Gasteiger partial charge is 0.328 e. The number of halogens is 1. The van der Waals surface area contributed by atoms with Crippen LogP contribution in [0, 0.1) is 5.92 Å². The van der Waals surface area contributed by atoms with Gasteiger partial charge in [0.25, 0.3) is 0 Å². The molecule has 0 saturated carbocycles. The number of hydrogen-bond acceptors (Lipinski definition) is 1. The summed E-state index contributed by atoms with van der Waals surface area (Å²) in [7, 11) is 0. The van der Waals surface area contributed by atoms with E-state index < -0.39 is 0 Å². The van der Waals surface area contributed by atoms with Crippen molar-refractivity contribution in [3.05, 3.63) is 40.6 Å². The molecule has 1 aromatic heterocycles. The van der Waals surface area contributed by atoms with Gasteiger partial charge in [-0.1, -0.05) is 41.1 Å². The molecular weight excluding hydrogens is 276 g/mol. The zero-order chi connectivity index (χ0) is 11.8. The van der Waals surface area contributed by atoms with Gasteiger partial charge in [0, 0.05) is 28.5 Å². The predicted octanol–water partition coefficient (Wildman–Crippen LogP) is 3.89. The van der Waals surface area contributed by atoms with Gasteiger partial charge in [0.05, 0.1) is 0 Å². The van der Waals surface area contributed by atoms with Gasteiger partial charge in [0.15, 0.2) is 0 Å². The van der Waals surface area contributed by atoms with E-state index in [0.717, 1.165) is 29.2 Å². The molecule has 1 aliphatic rings. The van der Waals surface area contributed by atoms with Crippen LogP contribution in [-0.2, 0) is 13.0 Å². The van der Waals surface area contributed by atoms with Crippen LogP contribution in [0.4, 0.5) is 0 Å². The van der Waals surface area contributed by atoms with E-state index in [4.69, 9.17) is 0 Å². The van der Waals surface area contributed by atoms with Gasteiger partial charge >= 0.3 is 0 Å². The van der Waals surface area contributed by atoms with Crippen LogP contribution < -0.4 is 0 Å². The number of rotatable bonds is 1. The third-order valence-corrected chi connectivity index (χ3v) is 4.13. The molecule has 0 N–H and O–H groups in total. The van der Waals surface area contributed by atoms with E-state index in [1.54, 1.807) is 0 Å². The highest BCUT2D eigenvalue weighted by molar-refractivity contribution is 9.10. The number of aromatic nitrogens is 2. The molecule has 1 atom stereocenters. The Hall–Kier alpha value is -1.09. The first-order valence-corrected chi connectivity index (χ1v) is 6.84. The van der Waals surface area contributed by atoms with E-state index in [2.05, 4.69) is 50.6 Å². The molecule has 0 aliphatic carbocycles. The molecule has 2 aromatic rings. The van der Waals surface area contributed by atoms with Crippen LogP contribution in [-0.4, -0.2) is 9.55 Å². The zero-order valence-electron chi connectivity index (χ0n) is 9.86. The SMILES string of the molecule is CC1CCc2cnc(-c3ccccc3Br)n2C1. The molecule has 1 aromatic carbocycles. The fraction of sp³-hybridized carbons (Fsp3) is 0.357. The monoisotopic (exact) mass is 290 g/mol. The molecule has 0 bridgehead atoms. The maximum Gasteiger partial charge on any atom is 0.141 e. The van der Waals surface area contributed by atoms with Crippen molar-refractivity contribution < 1.29 is 0 Å². The smallest absolute Gasteiger partial charge is 0.141 e. The lowest BCUT2D eigenvalue weighted by Gasteiger charge is -2.22. The van der Waals surface area contributed by atoms with E-state index in [1.165, 1.54) is 17.7 Å². The lowest BCUT2D eigenvalue weighted by atomic mass is 10.00. The van der Waals surface area contributed by atoms with Crippen molar-refractivity contribution in [2.45, 2.75) is 26.3 Å². The van der Waals surface area contributed by atoms with Gasteiger partial charge in [-0.25, -0.2) is 4.98 Å². The molecule has 0 fully saturated rings. The van der Waals surface area contributed by atoms with Crippen molar-refractivity contribution in [2.24, 2.45) is 5.92 Å². The lowest BCUT2D eigenvalue weighted by Crippen LogP contribution is -2.18. The Labute approximate surface area is 110 Å². The quantitative estimate of drug-likeness (QED) is 0.779. The van der Waals surface area contributed by atoms with E-state index >= 15 is 0 Å². The minimum Gasteiger partial charge on any atom is -0.328 e. The molecule has 3 heteroatoms. The summed E-state index contributed by atoms with van der Waals surface area (Å²) in [6, 6.07) is 8.30. The molecule has 0 radical (unpaired) electrons. The molecule has 0 amide bonds. The number of nitrogens with zero attached hydrogens (tertiary/aromatic N) is 2. The fourth-order valence-electron chi connectivity index (χ4n) is 2.47. The van der Waals surface area contributed by atoms with Crippen LogP contribution in [0.25, 0.3) is 11.4 Å². The summed E-state index contributed by atoms with van der Waals surface area (Å²) in [5, 5.41) is 0. The van der Waals surface area contributed by atoms with Crippen LogP contribution in [0.1, 0.15) is 19.0 Å². The maximum atomic E-state index is 4.60. The topological polar surface area (TPSA) is 17.8 Å². The van der Waals surface area contributed by atoms with Crippen molar-refractivity contribution in [2.75, 3.05) is 0 Å². The van der Waals surface area contributed by atoms with E-state index in [-0.39, 0.29) is 0 Å². The Kier molecular flexibility index (Phi) is 2.79. The summed E-state index contributed by atoms with van der Waals surface area (Å²) in [5.74, 6) is 1.84. The highest BCUT2D eigenvalue weighted by atomic mass is 79.9. The minimum absolute atomic E-state index is 0.748. The number of aryl methyl sites for hydroxylation is 1. The van der Waals surface area contributed by atoms with Gasteiger partial charge in [-0.05, 0) is 24.8 Å². The van der Waals surface area contributed by atoms with Gasteiger partial charge in [-0.15, -0.1) is 0 Å². The average Bonchev–Trinajstić information content (AvgIpc) is 2.72. The summed E-state index contributed by atoms with van der Waals surface area (Å²) in [4.78, 5) is 4.60. The first kappa shape index (κ1) is 11.0. The van der Waals surface area contributed by atoms with E-state index in [1.807, 2.05) is 12.3 Å². The van der Waals surface area contributed by atoms with Crippen LogP contribution in [0.3, 0.4) is 0 Å². The van der Waals surface area contributed by atoms with Crippen molar-refractivity contribution in [1.29, 1.82) is 0 Å². The Morgan fingerprint density at radius 3 is 3.00 bits per heavy atom. The molecule has 17 heavy (non-hydrogen) atoms. The standard InChI is InChI=1S/C14H15BrN2/c1-10-6-7-11-8-16-14(17(11)9-10)12-4-2-3-5-13(12)15/h2-5,8,10H,6-7,9H2,1H3. The third kappa shape index (κ3) is 1.93. The van der Waals surface area contributed by atoms with Gasteiger partial charge in [-0.3, -0.25) is 0 Å². The summed E-state index contributed by atoms with van der Waals surface area (Å²) in [6.07, 6.45) is 4.46. The molecule has 1 aliphatic heterocycles. The molecule has 0 saturated heterocycles. The summed E-state index contributed by atoms with van der Waals surface area (Å²) in [5.41, 5.74) is 2.56. The summed E-state index contributed by atoms with van der Waals surface area (Å²) >= 11 is 3.61.